The van der Waals surface area contributed by atoms with Crippen LogP contribution in [0.15, 0.2) is 4.99 Å². The van der Waals surface area contributed by atoms with E-state index in [1.807, 2.05) is 18.8 Å². The van der Waals surface area contributed by atoms with Gasteiger partial charge in [-0.15, -0.1) is 0 Å². The first kappa shape index (κ1) is 18.6. The van der Waals surface area contributed by atoms with Crippen LogP contribution < -0.4 is 5.32 Å². The SMILES string of the molecule is CN=C(NCCCCOCCOC)N1CCSC(C)(C)C1. The maximum atomic E-state index is 5.45. The van der Waals surface area contributed by atoms with E-state index < -0.39 is 0 Å². The van der Waals surface area contributed by atoms with Crippen molar-refractivity contribution in [2.75, 3.05) is 59.4 Å². The normalized spacial score (nSPS) is 18.9. The van der Waals surface area contributed by atoms with Crippen LogP contribution in [0, 0.1) is 0 Å². The zero-order valence-electron chi connectivity index (χ0n) is 14.0. The van der Waals surface area contributed by atoms with Gasteiger partial charge in [0.2, 0.25) is 0 Å². The van der Waals surface area contributed by atoms with Gasteiger partial charge in [0.25, 0.3) is 0 Å². The van der Waals surface area contributed by atoms with E-state index in [2.05, 4.69) is 29.1 Å². The van der Waals surface area contributed by atoms with Crippen molar-refractivity contribution < 1.29 is 9.47 Å². The molecule has 0 spiro atoms. The lowest BCUT2D eigenvalue weighted by Crippen LogP contribution is -2.51. The molecule has 0 atom stereocenters. The summed E-state index contributed by atoms with van der Waals surface area (Å²) in [5.41, 5.74) is 0. The molecule has 0 saturated carbocycles. The molecule has 5 nitrogen and oxygen atoms in total. The quantitative estimate of drug-likeness (QED) is 0.420. The number of aliphatic imine (C=N–C) groups is 1. The molecule has 1 rings (SSSR count). The molecule has 0 unspecified atom stereocenters. The summed E-state index contributed by atoms with van der Waals surface area (Å²) in [5, 5.41) is 3.47. The van der Waals surface area contributed by atoms with Crippen molar-refractivity contribution in [1.29, 1.82) is 0 Å². The Morgan fingerprint density at radius 1 is 1.29 bits per heavy atom. The molecule has 0 aromatic rings. The molecule has 6 heteroatoms. The summed E-state index contributed by atoms with van der Waals surface area (Å²) in [6, 6.07) is 0. The van der Waals surface area contributed by atoms with Crippen molar-refractivity contribution in [2.24, 2.45) is 4.99 Å². The molecule has 124 valence electrons. The molecule has 1 fully saturated rings. The van der Waals surface area contributed by atoms with Crippen LogP contribution >= 0.6 is 11.8 Å². The monoisotopic (exact) mass is 317 g/mol. The molecule has 1 aliphatic rings. The van der Waals surface area contributed by atoms with Crippen molar-refractivity contribution in [3.63, 3.8) is 0 Å². The third kappa shape index (κ3) is 7.93. The number of hydrogen-bond acceptors (Lipinski definition) is 4. The number of guanidine groups is 1. The lowest BCUT2D eigenvalue weighted by Gasteiger charge is -2.39. The molecule has 0 aliphatic carbocycles. The standard InChI is InChI=1S/C15H31N3O2S/c1-15(2)13-18(8-12-21-15)14(16-3)17-7-5-6-9-20-11-10-19-4/h5-13H2,1-4H3,(H,16,17). The number of ether oxygens (including phenoxy) is 2. The van der Waals surface area contributed by atoms with Gasteiger partial charge in [-0.3, -0.25) is 4.99 Å². The second-order valence-corrected chi connectivity index (χ2v) is 7.62. The Balaban J connectivity index is 2.14. The minimum atomic E-state index is 0.311. The van der Waals surface area contributed by atoms with Gasteiger partial charge >= 0.3 is 0 Å². The van der Waals surface area contributed by atoms with E-state index >= 15 is 0 Å². The van der Waals surface area contributed by atoms with Crippen LogP contribution in [0.25, 0.3) is 0 Å². The Morgan fingerprint density at radius 2 is 2.10 bits per heavy atom. The Labute approximate surface area is 133 Å². The number of nitrogens with one attached hydrogen (secondary N) is 1. The van der Waals surface area contributed by atoms with E-state index in [1.54, 1.807) is 7.11 Å². The number of unbranched alkanes of at least 4 members (excludes halogenated alkanes) is 1. The first-order valence-electron chi connectivity index (χ1n) is 7.75. The number of nitrogens with zero attached hydrogens (tertiary/aromatic N) is 2. The van der Waals surface area contributed by atoms with E-state index in [-0.39, 0.29) is 0 Å². The van der Waals surface area contributed by atoms with Crippen molar-refractivity contribution in [3.05, 3.63) is 0 Å². The highest BCUT2D eigenvalue weighted by Crippen LogP contribution is 2.29. The van der Waals surface area contributed by atoms with E-state index in [9.17, 15) is 0 Å². The van der Waals surface area contributed by atoms with Gasteiger partial charge in [0, 0.05) is 50.9 Å². The van der Waals surface area contributed by atoms with E-state index in [1.165, 1.54) is 5.75 Å². The van der Waals surface area contributed by atoms with Crippen LogP contribution in [0.5, 0.6) is 0 Å². The van der Waals surface area contributed by atoms with Crippen molar-refractivity contribution >= 4 is 17.7 Å². The van der Waals surface area contributed by atoms with Gasteiger partial charge in [-0.05, 0) is 26.7 Å². The van der Waals surface area contributed by atoms with Crippen LogP contribution in [0.2, 0.25) is 0 Å². The van der Waals surface area contributed by atoms with Gasteiger partial charge in [0.05, 0.1) is 13.2 Å². The average Bonchev–Trinajstić information content (AvgIpc) is 2.44. The minimum absolute atomic E-state index is 0.311. The first-order valence-corrected chi connectivity index (χ1v) is 8.74. The van der Waals surface area contributed by atoms with Gasteiger partial charge in [0.15, 0.2) is 5.96 Å². The van der Waals surface area contributed by atoms with E-state index in [0.29, 0.717) is 18.0 Å². The molecule has 0 aromatic carbocycles. The summed E-state index contributed by atoms with van der Waals surface area (Å²) in [6.07, 6.45) is 2.16. The molecular weight excluding hydrogens is 286 g/mol. The summed E-state index contributed by atoms with van der Waals surface area (Å²) in [6.45, 7) is 9.84. The summed E-state index contributed by atoms with van der Waals surface area (Å²) < 4.78 is 10.7. The first-order chi connectivity index (χ1) is 10.1. The predicted molar refractivity (Wildman–Crippen MR) is 91.4 cm³/mol. The lowest BCUT2D eigenvalue weighted by atomic mass is 10.2. The second kappa shape index (κ2) is 10.3. The van der Waals surface area contributed by atoms with Gasteiger partial charge in [-0.1, -0.05) is 0 Å². The second-order valence-electron chi connectivity index (χ2n) is 5.82. The average molecular weight is 317 g/mol. The topological polar surface area (TPSA) is 46.1 Å². The Morgan fingerprint density at radius 3 is 2.76 bits per heavy atom. The highest BCUT2D eigenvalue weighted by Gasteiger charge is 2.28. The van der Waals surface area contributed by atoms with Crippen molar-refractivity contribution in [1.82, 2.24) is 10.2 Å². The van der Waals surface area contributed by atoms with Crippen LogP contribution in [-0.4, -0.2) is 75.0 Å². The zero-order valence-corrected chi connectivity index (χ0v) is 14.8. The molecule has 0 aromatic heterocycles. The van der Waals surface area contributed by atoms with Gasteiger partial charge < -0.3 is 19.7 Å². The summed E-state index contributed by atoms with van der Waals surface area (Å²) in [4.78, 5) is 6.78. The molecule has 1 N–H and O–H groups in total. The lowest BCUT2D eigenvalue weighted by molar-refractivity contribution is 0.0689. The summed E-state index contributed by atoms with van der Waals surface area (Å²) >= 11 is 2.04. The zero-order chi connectivity index (χ0) is 15.6. The van der Waals surface area contributed by atoms with Crippen LogP contribution in [0.3, 0.4) is 0 Å². The number of hydrogen-bond donors (Lipinski definition) is 1. The van der Waals surface area contributed by atoms with Crippen molar-refractivity contribution in [2.45, 2.75) is 31.4 Å². The van der Waals surface area contributed by atoms with Gasteiger partial charge in [-0.25, -0.2) is 0 Å². The molecule has 1 aliphatic heterocycles. The molecule has 0 radical (unpaired) electrons. The van der Waals surface area contributed by atoms with Gasteiger partial charge in [-0.2, -0.15) is 11.8 Å². The van der Waals surface area contributed by atoms with Crippen molar-refractivity contribution in [3.8, 4) is 0 Å². The third-order valence-corrected chi connectivity index (χ3v) is 4.66. The van der Waals surface area contributed by atoms with Crippen LogP contribution in [0.4, 0.5) is 0 Å². The third-order valence-electron chi connectivity index (χ3n) is 3.37. The Hall–Kier alpha value is -0.460. The Bertz CT molecular complexity index is 311. The molecule has 21 heavy (non-hydrogen) atoms. The van der Waals surface area contributed by atoms with Gasteiger partial charge in [0.1, 0.15) is 0 Å². The fraction of sp³-hybridized carbons (Fsp3) is 0.933. The number of rotatable bonds is 8. The largest absolute Gasteiger partial charge is 0.382 e. The van der Waals surface area contributed by atoms with E-state index in [4.69, 9.17) is 9.47 Å². The fourth-order valence-electron chi connectivity index (χ4n) is 2.30. The smallest absolute Gasteiger partial charge is 0.193 e. The molecule has 1 saturated heterocycles. The maximum absolute atomic E-state index is 5.45. The molecule has 0 bridgehead atoms. The highest BCUT2D eigenvalue weighted by molar-refractivity contribution is 8.00. The fourth-order valence-corrected chi connectivity index (χ4v) is 3.41. The molecule has 0 amide bonds. The predicted octanol–water partition coefficient (Wildman–Crippen LogP) is 1.83. The number of thioether (sulfide) groups is 1. The Kier molecular flexibility index (Phi) is 9.11. The minimum Gasteiger partial charge on any atom is -0.382 e. The molecule has 1 heterocycles. The highest BCUT2D eigenvalue weighted by atomic mass is 32.2. The summed E-state index contributed by atoms with van der Waals surface area (Å²) in [5.74, 6) is 2.20. The van der Waals surface area contributed by atoms with Crippen LogP contribution in [-0.2, 0) is 9.47 Å². The maximum Gasteiger partial charge on any atom is 0.193 e. The number of methoxy groups -OCH3 is 1. The molecular formula is C15H31N3O2S. The van der Waals surface area contributed by atoms with E-state index in [0.717, 1.165) is 45.0 Å². The summed E-state index contributed by atoms with van der Waals surface area (Å²) in [7, 11) is 3.56. The van der Waals surface area contributed by atoms with Crippen LogP contribution in [0.1, 0.15) is 26.7 Å².